The minimum atomic E-state index is -0.494. The van der Waals surface area contributed by atoms with Gasteiger partial charge in [0.1, 0.15) is 11.9 Å². The van der Waals surface area contributed by atoms with E-state index in [-0.39, 0.29) is 36.2 Å². The van der Waals surface area contributed by atoms with Crippen molar-refractivity contribution in [1.29, 1.82) is 0 Å². The van der Waals surface area contributed by atoms with Crippen LogP contribution in [-0.4, -0.2) is 42.4 Å². The summed E-state index contributed by atoms with van der Waals surface area (Å²) in [4.78, 5) is 47.4. The molecule has 6 atom stereocenters. The molecule has 0 saturated heterocycles. The minimum Gasteiger partial charge on any atom is -0.462 e. The zero-order valence-corrected chi connectivity index (χ0v) is 24.5. The van der Waals surface area contributed by atoms with E-state index in [0.29, 0.717) is 49.3 Å². The van der Waals surface area contributed by atoms with Crippen LogP contribution >= 0.6 is 12.8 Å². The molecule has 2 saturated carbocycles. The normalized spacial score (nSPS) is 27.5. The summed E-state index contributed by atoms with van der Waals surface area (Å²) >= 11 is 3.89. The number of hydrogen-bond donors (Lipinski definition) is 4. The lowest BCUT2D eigenvalue weighted by atomic mass is 9.55. The van der Waals surface area contributed by atoms with Crippen molar-refractivity contribution in [3.05, 3.63) is 29.3 Å². The Bertz CT molecular complexity index is 1110. The zero-order valence-electron chi connectivity index (χ0n) is 23.6. The van der Waals surface area contributed by atoms with E-state index in [9.17, 15) is 19.2 Å². The first-order valence-corrected chi connectivity index (χ1v) is 15.0. The van der Waals surface area contributed by atoms with Gasteiger partial charge >= 0.3 is 11.9 Å². The smallest absolute Gasteiger partial charge is 0.311 e. The largest absolute Gasteiger partial charge is 0.462 e. The highest BCUT2D eigenvalue weighted by molar-refractivity contribution is 7.78. The fraction of sp³-hybridized carbons (Fsp3) is 0.667. The summed E-state index contributed by atoms with van der Waals surface area (Å²) in [5.74, 6) is 0.890. The number of ether oxygens (including phenoxy) is 2. The van der Waals surface area contributed by atoms with Gasteiger partial charge in [-0.15, -0.1) is 0 Å². The molecule has 3 aliphatic carbocycles. The molecule has 3 aliphatic rings. The molecule has 9 nitrogen and oxygen atoms in total. The maximum absolute atomic E-state index is 12.4. The number of thiol groups is 1. The van der Waals surface area contributed by atoms with Gasteiger partial charge in [0.2, 0.25) is 11.8 Å². The van der Waals surface area contributed by atoms with Crippen LogP contribution in [0.15, 0.2) is 18.2 Å². The average molecular weight is 574 g/mol. The Kier molecular flexibility index (Phi) is 10.2. The lowest BCUT2D eigenvalue weighted by Gasteiger charge is -2.50. The molecule has 0 spiro atoms. The Balaban J connectivity index is 1.23. The molecule has 0 heterocycles. The van der Waals surface area contributed by atoms with Gasteiger partial charge in [0.25, 0.3) is 0 Å². The number of unbranched alkanes of at least 4 members (excludes halogenated alkanes) is 1. The van der Waals surface area contributed by atoms with Gasteiger partial charge in [-0.3, -0.25) is 23.9 Å². The second-order valence-electron chi connectivity index (χ2n) is 11.9. The monoisotopic (exact) mass is 573 g/mol. The Labute approximate surface area is 242 Å². The van der Waals surface area contributed by atoms with Crippen LogP contribution in [-0.2, 0) is 30.3 Å². The number of aryl methyl sites for hydroxylation is 1. The minimum absolute atomic E-state index is 0.00467. The molecular weight excluding hydrogens is 530 g/mol. The number of nitrogens with one attached hydrogen (secondary N) is 2. The van der Waals surface area contributed by atoms with Crippen molar-refractivity contribution in [2.24, 2.45) is 23.0 Å². The highest BCUT2D eigenvalue weighted by Gasteiger charge is 2.56. The summed E-state index contributed by atoms with van der Waals surface area (Å²) in [6.45, 7) is 4.29. The molecule has 220 valence electrons. The van der Waals surface area contributed by atoms with E-state index in [0.717, 1.165) is 38.5 Å². The molecular formula is C30H43N3O6S. The van der Waals surface area contributed by atoms with Crippen LogP contribution in [0.2, 0.25) is 0 Å². The molecule has 5 unspecified atom stereocenters. The maximum atomic E-state index is 12.4. The third kappa shape index (κ3) is 7.00. The number of carbonyl (C=O) groups excluding carboxylic acids is 4. The van der Waals surface area contributed by atoms with Crippen LogP contribution in [0.1, 0.15) is 95.1 Å². The third-order valence-electron chi connectivity index (χ3n) is 9.45. The van der Waals surface area contributed by atoms with E-state index in [4.69, 9.17) is 15.2 Å². The highest BCUT2D eigenvalue weighted by Crippen LogP contribution is 2.61. The number of rotatable bonds is 12. The van der Waals surface area contributed by atoms with E-state index in [1.807, 2.05) is 12.1 Å². The summed E-state index contributed by atoms with van der Waals surface area (Å²) < 4.78 is 13.9. The van der Waals surface area contributed by atoms with Gasteiger partial charge in [0.05, 0.1) is 12.5 Å². The first-order valence-electron chi connectivity index (χ1n) is 14.6. The van der Waals surface area contributed by atoms with Crippen molar-refractivity contribution in [3.8, 4) is 5.75 Å². The van der Waals surface area contributed by atoms with Crippen molar-refractivity contribution >= 4 is 36.6 Å². The molecule has 0 aromatic heterocycles. The maximum Gasteiger partial charge on any atom is 0.311 e. The fourth-order valence-electron chi connectivity index (χ4n) is 7.43. The lowest BCUT2D eigenvalue weighted by molar-refractivity contribution is -0.154. The van der Waals surface area contributed by atoms with E-state index < -0.39 is 17.9 Å². The number of fused-ring (bicyclic) bond motifs is 5. The first kappa shape index (κ1) is 30.4. The van der Waals surface area contributed by atoms with E-state index in [2.05, 4.69) is 35.8 Å². The highest BCUT2D eigenvalue weighted by atomic mass is 32.1. The molecule has 4 N–H and O–H groups in total. The number of benzene rings is 1. The number of amides is 2. The molecule has 0 bridgehead atoms. The number of carbonyl (C=O) groups is 4. The molecule has 0 aliphatic heterocycles. The van der Waals surface area contributed by atoms with Crippen molar-refractivity contribution in [1.82, 2.24) is 10.0 Å². The number of nitrogens with two attached hydrogens (primary N) is 1. The molecule has 40 heavy (non-hydrogen) atoms. The molecule has 4 rings (SSSR count). The van der Waals surface area contributed by atoms with Gasteiger partial charge in [0.15, 0.2) is 0 Å². The average Bonchev–Trinajstić information content (AvgIpc) is 3.24. The Hall–Kier alpha value is -2.59. The predicted molar refractivity (Wildman–Crippen MR) is 153 cm³/mol. The summed E-state index contributed by atoms with van der Waals surface area (Å²) in [5, 5.41) is 2.79. The fourth-order valence-corrected chi connectivity index (χ4v) is 7.68. The molecule has 0 radical (unpaired) electrons. The van der Waals surface area contributed by atoms with Crippen LogP contribution < -0.4 is 20.5 Å². The SMILES string of the molecule is CC(=O)OC1CCC2C3CCc4cc(OC(=O)CCC(=O)NCCCC[C@H](NS)C(N)=O)ccc4C3CCC12C. The van der Waals surface area contributed by atoms with Gasteiger partial charge < -0.3 is 20.5 Å². The predicted octanol–water partition coefficient (Wildman–Crippen LogP) is 3.73. The van der Waals surface area contributed by atoms with Gasteiger partial charge in [-0.25, -0.2) is 0 Å². The Morgan fingerprint density at radius 1 is 1.12 bits per heavy atom. The Morgan fingerprint density at radius 2 is 1.93 bits per heavy atom. The summed E-state index contributed by atoms with van der Waals surface area (Å²) in [7, 11) is 0. The number of primary amides is 1. The molecule has 2 fully saturated rings. The quantitative estimate of drug-likeness (QED) is 0.129. The van der Waals surface area contributed by atoms with Crippen molar-refractivity contribution < 1.29 is 28.7 Å². The van der Waals surface area contributed by atoms with E-state index >= 15 is 0 Å². The van der Waals surface area contributed by atoms with Gasteiger partial charge in [-0.05, 0) is 98.8 Å². The van der Waals surface area contributed by atoms with E-state index in [1.54, 1.807) is 0 Å². The first-order chi connectivity index (χ1) is 19.1. The van der Waals surface area contributed by atoms with Crippen LogP contribution in [0.3, 0.4) is 0 Å². The topological polar surface area (TPSA) is 137 Å². The van der Waals surface area contributed by atoms with Crippen molar-refractivity contribution in [3.63, 3.8) is 0 Å². The van der Waals surface area contributed by atoms with Crippen LogP contribution in [0.25, 0.3) is 0 Å². The van der Waals surface area contributed by atoms with Crippen molar-refractivity contribution in [2.45, 2.75) is 103 Å². The van der Waals surface area contributed by atoms with Gasteiger partial charge in [-0.1, -0.05) is 25.8 Å². The standard InChI is InChI=1S/C30H43N3O6S/c1-18(34)38-26-11-10-24-23-8-6-19-17-20(7-9-21(19)22(23)14-15-30(24,26)2)39-28(36)13-12-27(35)32-16-4-3-5-25(33-40)29(31)37/h7,9,17,22-26,33,40H,3-6,8,10-16H2,1-2H3,(H2,31,37)(H,32,35)/t22?,23?,24?,25-,26?,30?/m0/s1. The van der Waals surface area contributed by atoms with Crippen LogP contribution in [0, 0.1) is 17.3 Å². The zero-order chi connectivity index (χ0) is 28.9. The summed E-state index contributed by atoms with van der Waals surface area (Å²) in [5.41, 5.74) is 7.92. The second-order valence-corrected chi connectivity index (χ2v) is 12.2. The van der Waals surface area contributed by atoms with Crippen molar-refractivity contribution in [2.75, 3.05) is 6.54 Å². The molecule has 1 aromatic carbocycles. The number of hydrogen-bond acceptors (Lipinski definition) is 8. The molecule has 1 aromatic rings. The third-order valence-corrected chi connectivity index (χ3v) is 9.76. The Morgan fingerprint density at radius 3 is 2.65 bits per heavy atom. The summed E-state index contributed by atoms with van der Waals surface area (Å²) in [6.07, 6.45) is 8.26. The molecule has 2 amide bonds. The van der Waals surface area contributed by atoms with E-state index in [1.165, 1.54) is 18.1 Å². The van der Waals surface area contributed by atoms with Gasteiger partial charge in [-0.2, -0.15) is 0 Å². The molecule has 10 heteroatoms. The number of esters is 2. The second kappa shape index (κ2) is 13.4. The lowest BCUT2D eigenvalue weighted by Crippen LogP contribution is -2.45. The van der Waals surface area contributed by atoms with Gasteiger partial charge in [0, 0.05) is 25.3 Å². The van der Waals surface area contributed by atoms with Crippen LogP contribution in [0.4, 0.5) is 0 Å². The van der Waals surface area contributed by atoms with Crippen LogP contribution in [0.5, 0.6) is 5.75 Å². The summed E-state index contributed by atoms with van der Waals surface area (Å²) in [6, 6.07) is 5.50.